The largest absolute Gasteiger partial charge is 0.466 e. The molecule has 0 aromatic rings. The molecule has 49 heavy (non-hydrogen) atoms. The Balaban J connectivity index is 3.95. The summed E-state index contributed by atoms with van der Waals surface area (Å²) in [5.41, 5.74) is 0. The molecule has 0 fully saturated rings. The van der Waals surface area contributed by atoms with Crippen molar-refractivity contribution in [3.05, 3.63) is 0 Å². The number of aliphatic hydroxyl groups excluding tert-OH is 1. The Hall–Kier alpha value is -1.18. The first-order valence-corrected chi connectivity index (χ1v) is 21.5. The van der Waals surface area contributed by atoms with Crippen LogP contribution >= 0.6 is 0 Å². The van der Waals surface area contributed by atoms with Crippen LogP contribution in [0, 0.1) is 0 Å². The third kappa shape index (κ3) is 36.4. The summed E-state index contributed by atoms with van der Waals surface area (Å²) in [7, 11) is 0. The molecule has 0 aromatic carbocycles. The SMILES string of the molecule is CCCCCCCCCCOC(=O)CCCN(CCO)CCCNCCCCCC(=O)OC(CCCCCCCC)CCCCCCCC. The number of rotatable bonds is 40. The zero-order valence-corrected chi connectivity index (χ0v) is 33.1. The van der Waals surface area contributed by atoms with Crippen molar-refractivity contribution in [3.8, 4) is 0 Å². The fourth-order valence-corrected chi connectivity index (χ4v) is 6.48. The lowest BCUT2D eigenvalue weighted by Crippen LogP contribution is -2.31. The average Bonchev–Trinajstić information content (AvgIpc) is 3.09. The minimum atomic E-state index is -0.0945. The van der Waals surface area contributed by atoms with Gasteiger partial charge in [-0.15, -0.1) is 0 Å². The van der Waals surface area contributed by atoms with Crippen molar-refractivity contribution in [3.63, 3.8) is 0 Å². The molecule has 0 aromatic heterocycles. The van der Waals surface area contributed by atoms with Crippen LogP contribution in [0.5, 0.6) is 0 Å². The fraction of sp³-hybridized carbons (Fsp3) is 0.952. The number of esters is 2. The Morgan fingerprint density at radius 3 is 1.57 bits per heavy atom. The summed E-state index contributed by atoms with van der Waals surface area (Å²) in [5.74, 6) is -0.0985. The summed E-state index contributed by atoms with van der Waals surface area (Å²) >= 11 is 0. The third-order valence-corrected chi connectivity index (χ3v) is 9.65. The van der Waals surface area contributed by atoms with Crippen molar-refractivity contribution >= 4 is 11.9 Å². The molecule has 7 heteroatoms. The number of carbonyl (C=O) groups excluding carboxylic acids is 2. The third-order valence-electron chi connectivity index (χ3n) is 9.65. The number of aliphatic hydroxyl groups is 1. The van der Waals surface area contributed by atoms with Gasteiger partial charge in [-0.1, -0.05) is 136 Å². The van der Waals surface area contributed by atoms with Gasteiger partial charge in [0.2, 0.25) is 0 Å². The fourth-order valence-electron chi connectivity index (χ4n) is 6.48. The van der Waals surface area contributed by atoms with E-state index in [1.54, 1.807) is 0 Å². The predicted octanol–water partition coefficient (Wildman–Crippen LogP) is 10.7. The second kappa shape index (κ2) is 39.6. The van der Waals surface area contributed by atoms with E-state index < -0.39 is 0 Å². The van der Waals surface area contributed by atoms with Crippen LogP contribution in [0.2, 0.25) is 0 Å². The van der Waals surface area contributed by atoms with Gasteiger partial charge < -0.3 is 24.8 Å². The van der Waals surface area contributed by atoms with Gasteiger partial charge in [-0.25, -0.2) is 0 Å². The van der Waals surface area contributed by atoms with E-state index in [1.807, 2.05) is 0 Å². The topological polar surface area (TPSA) is 88.1 Å². The van der Waals surface area contributed by atoms with Crippen LogP contribution in [0.3, 0.4) is 0 Å². The van der Waals surface area contributed by atoms with Gasteiger partial charge in [0, 0.05) is 19.4 Å². The minimum Gasteiger partial charge on any atom is -0.466 e. The Morgan fingerprint density at radius 2 is 1.00 bits per heavy atom. The number of unbranched alkanes of at least 4 members (excludes halogenated alkanes) is 19. The van der Waals surface area contributed by atoms with Gasteiger partial charge in [-0.3, -0.25) is 9.59 Å². The highest BCUT2D eigenvalue weighted by Gasteiger charge is 2.14. The molecule has 0 saturated carbocycles. The Bertz CT molecular complexity index is 676. The molecule has 0 saturated heterocycles. The van der Waals surface area contributed by atoms with Crippen LogP contribution in [-0.2, 0) is 19.1 Å². The highest BCUT2D eigenvalue weighted by atomic mass is 16.5. The summed E-state index contributed by atoms with van der Waals surface area (Å²) in [6.45, 7) is 11.7. The van der Waals surface area contributed by atoms with Gasteiger partial charge in [0.25, 0.3) is 0 Å². The molecule has 0 bridgehead atoms. The quantitative estimate of drug-likeness (QED) is 0.0487. The first-order valence-electron chi connectivity index (χ1n) is 21.5. The zero-order valence-electron chi connectivity index (χ0n) is 33.1. The molecule has 0 aliphatic rings. The van der Waals surface area contributed by atoms with Gasteiger partial charge >= 0.3 is 11.9 Å². The number of carbonyl (C=O) groups is 2. The van der Waals surface area contributed by atoms with E-state index in [2.05, 4.69) is 31.0 Å². The zero-order chi connectivity index (χ0) is 35.9. The highest BCUT2D eigenvalue weighted by molar-refractivity contribution is 5.69. The van der Waals surface area contributed by atoms with E-state index in [-0.39, 0.29) is 24.6 Å². The molecule has 0 heterocycles. The molecule has 292 valence electrons. The standard InChI is InChI=1S/C42H84N2O5/c1-4-7-10-13-16-17-20-26-39-48-41(46)32-27-35-44(37-38-45)36-28-34-43-33-25-21-24-31-42(47)49-40(29-22-18-14-11-8-5-2)30-23-19-15-12-9-6-3/h40,43,45H,4-39H2,1-3H3. The van der Waals surface area contributed by atoms with Crippen LogP contribution in [-0.4, -0.2) is 74.0 Å². The molecular weight excluding hydrogens is 612 g/mol. The summed E-state index contributed by atoms with van der Waals surface area (Å²) in [5, 5.41) is 13.0. The number of hydrogen-bond acceptors (Lipinski definition) is 7. The molecule has 0 amide bonds. The van der Waals surface area contributed by atoms with Gasteiger partial charge in [-0.05, 0) is 84.0 Å². The van der Waals surface area contributed by atoms with Crippen molar-refractivity contribution in [1.29, 1.82) is 0 Å². The minimum absolute atomic E-state index is 0.00402. The van der Waals surface area contributed by atoms with Gasteiger partial charge in [0.05, 0.1) is 13.2 Å². The van der Waals surface area contributed by atoms with Gasteiger partial charge in [0.1, 0.15) is 6.10 Å². The Morgan fingerprint density at radius 1 is 0.531 bits per heavy atom. The molecule has 0 aliphatic heterocycles. The predicted molar refractivity (Wildman–Crippen MR) is 208 cm³/mol. The molecule has 0 aliphatic carbocycles. The number of nitrogens with zero attached hydrogens (tertiary/aromatic N) is 1. The molecule has 2 N–H and O–H groups in total. The van der Waals surface area contributed by atoms with E-state index in [0.29, 0.717) is 26.0 Å². The second-order valence-electron chi connectivity index (χ2n) is 14.5. The van der Waals surface area contributed by atoms with Crippen LogP contribution < -0.4 is 5.32 Å². The molecule has 0 unspecified atom stereocenters. The highest BCUT2D eigenvalue weighted by Crippen LogP contribution is 2.18. The monoisotopic (exact) mass is 697 g/mol. The number of hydrogen-bond donors (Lipinski definition) is 2. The van der Waals surface area contributed by atoms with E-state index in [4.69, 9.17) is 9.47 Å². The average molecular weight is 697 g/mol. The summed E-state index contributed by atoms with van der Waals surface area (Å²) in [6.07, 6.45) is 33.2. The van der Waals surface area contributed by atoms with E-state index in [1.165, 1.54) is 116 Å². The maximum atomic E-state index is 12.6. The van der Waals surface area contributed by atoms with E-state index in [0.717, 1.165) is 84.0 Å². The van der Waals surface area contributed by atoms with Gasteiger partial charge in [-0.2, -0.15) is 0 Å². The first-order chi connectivity index (χ1) is 24.1. The maximum absolute atomic E-state index is 12.6. The molecule has 0 rings (SSSR count). The first kappa shape index (κ1) is 47.8. The molecule has 0 radical (unpaired) electrons. The Kier molecular flexibility index (Phi) is 38.6. The van der Waals surface area contributed by atoms with Crippen molar-refractivity contribution in [1.82, 2.24) is 10.2 Å². The van der Waals surface area contributed by atoms with Crippen molar-refractivity contribution in [2.75, 3.05) is 45.9 Å². The van der Waals surface area contributed by atoms with Crippen molar-refractivity contribution in [2.24, 2.45) is 0 Å². The smallest absolute Gasteiger partial charge is 0.306 e. The summed E-state index contributed by atoms with van der Waals surface area (Å²) in [4.78, 5) is 27.0. The van der Waals surface area contributed by atoms with E-state index in [9.17, 15) is 14.7 Å². The lowest BCUT2D eigenvalue weighted by atomic mass is 10.0. The normalized spacial score (nSPS) is 11.6. The van der Waals surface area contributed by atoms with Crippen LogP contribution in [0.25, 0.3) is 0 Å². The number of ether oxygens (including phenoxy) is 2. The number of nitrogens with one attached hydrogen (secondary N) is 1. The van der Waals surface area contributed by atoms with E-state index >= 15 is 0 Å². The molecular formula is C42H84N2O5. The van der Waals surface area contributed by atoms with Crippen LogP contribution in [0.4, 0.5) is 0 Å². The molecule has 0 atom stereocenters. The van der Waals surface area contributed by atoms with Crippen molar-refractivity contribution < 1.29 is 24.2 Å². The van der Waals surface area contributed by atoms with Gasteiger partial charge in [0.15, 0.2) is 0 Å². The molecule has 0 spiro atoms. The maximum Gasteiger partial charge on any atom is 0.306 e. The van der Waals surface area contributed by atoms with Crippen LogP contribution in [0.15, 0.2) is 0 Å². The van der Waals surface area contributed by atoms with Crippen LogP contribution in [0.1, 0.15) is 207 Å². The lowest BCUT2D eigenvalue weighted by Gasteiger charge is -2.21. The lowest BCUT2D eigenvalue weighted by molar-refractivity contribution is -0.150. The summed E-state index contributed by atoms with van der Waals surface area (Å²) < 4.78 is 11.4. The summed E-state index contributed by atoms with van der Waals surface area (Å²) in [6, 6.07) is 0. The second-order valence-corrected chi connectivity index (χ2v) is 14.5. The Labute approximate surface area is 304 Å². The molecule has 7 nitrogen and oxygen atoms in total. The van der Waals surface area contributed by atoms with Crippen molar-refractivity contribution in [2.45, 2.75) is 213 Å².